The summed E-state index contributed by atoms with van der Waals surface area (Å²) < 4.78 is 5.19. The summed E-state index contributed by atoms with van der Waals surface area (Å²) in [4.78, 5) is 5.56. The molecule has 0 amide bonds. The second-order valence-corrected chi connectivity index (χ2v) is 6.15. The summed E-state index contributed by atoms with van der Waals surface area (Å²) in [5, 5.41) is 22.5. The Kier molecular flexibility index (Phi) is 4.11. The molecule has 20 heavy (non-hydrogen) atoms. The topological polar surface area (TPSA) is 83.2 Å². The van der Waals surface area contributed by atoms with Gasteiger partial charge in [0.05, 0.1) is 12.1 Å². The van der Waals surface area contributed by atoms with Crippen molar-refractivity contribution in [3.63, 3.8) is 0 Å². The molecule has 1 atom stereocenters. The van der Waals surface area contributed by atoms with Crippen LogP contribution in [0.5, 0.6) is 0 Å². The van der Waals surface area contributed by atoms with E-state index >= 15 is 0 Å². The summed E-state index contributed by atoms with van der Waals surface area (Å²) in [5.41, 5.74) is -0.653. The maximum absolute atomic E-state index is 10.2. The van der Waals surface area contributed by atoms with E-state index in [-0.39, 0.29) is 0 Å². The van der Waals surface area contributed by atoms with Crippen molar-refractivity contribution in [2.45, 2.75) is 25.0 Å². The third-order valence-electron chi connectivity index (χ3n) is 3.37. The fourth-order valence-corrected chi connectivity index (χ4v) is 2.99. The second-order valence-electron chi connectivity index (χ2n) is 5.12. The number of rotatable bonds is 6. The molecule has 3 heterocycles. The number of aromatic nitrogens is 2. The normalized spacial score (nSPS) is 22.4. The molecule has 7 heteroatoms. The van der Waals surface area contributed by atoms with Crippen LogP contribution in [0, 0.1) is 0 Å². The van der Waals surface area contributed by atoms with Crippen molar-refractivity contribution in [1.82, 2.24) is 20.8 Å². The number of aliphatic hydroxyl groups is 1. The maximum Gasteiger partial charge on any atom is 0.240 e. The lowest BCUT2D eigenvalue weighted by molar-refractivity contribution is 0.0601. The Labute approximate surface area is 121 Å². The molecular formula is C13H18N4O2S. The molecular weight excluding hydrogens is 276 g/mol. The van der Waals surface area contributed by atoms with Gasteiger partial charge in [-0.25, -0.2) is 0 Å². The summed E-state index contributed by atoms with van der Waals surface area (Å²) >= 11 is 1.68. The molecule has 6 nitrogen and oxygen atoms in total. The monoisotopic (exact) mass is 294 g/mol. The van der Waals surface area contributed by atoms with Gasteiger partial charge in [0.1, 0.15) is 0 Å². The highest BCUT2D eigenvalue weighted by Crippen LogP contribution is 2.14. The molecule has 3 rings (SSSR count). The van der Waals surface area contributed by atoms with Crippen LogP contribution < -0.4 is 10.6 Å². The van der Waals surface area contributed by atoms with E-state index < -0.39 is 5.60 Å². The standard InChI is InChI=1S/C13H18N4O2S/c18-13(3-4-14-8-13)9-15-7-12-16-11(17-19-12)6-10-2-1-5-20-10/h1-2,5,14-15,18H,3-4,6-9H2/t13-/m1/s1. The summed E-state index contributed by atoms with van der Waals surface area (Å²) in [6.07, 6.45) is 1.47. The molecule has 2 aromatic rings. The Balaban J connectivity index is 1.47. The van der Waals surface area contributed by atoms with Gasteiger partial charge in [-0.15, -0.1) is 11.3 Å². The van der Waals surface area contributed by atoms with Crippen LogP contribution in [0.4, 0.5) is 0 Å². The molecule has 0 unspecified atom stereocenters. The van der Waals surface area contributed by atoms with Crippen molar-refractivity contribution < 1.29 is 9.63 Å². The van der Waals surface area contributed by atoms with E-state index in [4.69, 9.17) is 4.52 Å². The first-order valence-corrected chi connectivity index (χ1v) is 7.59. The second kappa shape index (κ2) is 6.01. The van der Waals surface area contributed by atoms with Gasteiger partial charge in [-0.3, -0.25) is 0 Å². The molecule has 0 aliphatic carbocycles. The van der Waals surface area contributed by atoms with E-state index in [1.54, 1.807) is 11.3 Å². The largest absolute Gasteiger partial charge is 0.387 e. The van der Waals surface area contributed by atoms with Gasteiger partial charge in [0.15, 0.2) is 5.82 Å². The third kappa shape index (κ3) is 3.43. The van der Waals surface area contributed by atoms with E-state index in [1.807, 2.05) is 11.4 Å². The lowest BCUT2D eigenvalue weighted by Crippen LogP contribution is -2.42. The van der Waals surface area contributed by atoms with Gasteiger partial charge in [0.25, 0.3) is 0 Å². The Morgan fingerprint density at radius 1 is 1.55 bits per heavy atom. The first-order chi connectivity index (χ1) is 9.73. The molecule has 0 radical (unpaired) electrons. The number of nitrogens with zero attached hydrogens (tertiary/aromatic N) is 2. The highest BCUT2D eigenvalue weighted by Gasteiger charge is 2.30. The smallest absolute Gasteiger partial charge is 0.240 e. The molecule has 1 fully saturated rings. The first kappa shape index (κ1) is 13.7. The summed E-state index contributed by atoms with van der Waals surface area (Å²) in [6.45, 7) is 2.51. The van der Waals surface area contributed by atoms with Crippen LogP contribution in [0.15, 0.2) is 22.0 Å². The molecule has 0 spiro atoms. The number of hydrogen-bond donors (Lipinski definition) is 3. The lowest BCUT2D eigenvalue weighted by Gasteiger charge is -2.20. The molecule has 1 aliphatic heterocycles. The average Bonchev–Trinajstić information content (AvgIpc) is 3.14. The minimum absolute atomic E-state index is 0.486. The van der Waals surface area contributed by atoms with Crippen LogP contribution in [0.1, 0.15) is 23.0 Å². The zero-order valence-electron chi connectivity index (χ0n) is 11.1. The quantitative estimate of drug-likeness (QED) is 0.721. The van der Waals surface area contributed by atoms with E-state index in [9.17, 15) is 5.11 Å². The van der Waals surface area contributed by atoms with Crippen molar-refractivity contribution in [3.8, 4) is 0 Å². The molecule has 108 valence electrons. The minimum Gasteiger partial charge on any atom is -0.387 e. The van der Waals surface area contributed by atoms with Gasteiger partial charge in [-0.1, -0.05) is 11.2 Å². The predicted octanol–water partition coefficient (Wildman–Crippen LogP) is 0.536. The number of β-amino-alcohol motifs (C(OH)–C–C–N with tert-alkyl or cyclic N) is 1. The number of thiophene rings is 1. The minimum atomic E-state index is -0.653. The van der Waals surface area contributed by atoms with Crippen LogP contribution in [-0.4, -0.2) is 40.5 Å². The Bertz CT molecular complexity index is 534. The highest BCUT2D eigenvalue weighted by molar-refractivity contribution is 7.09. The van der Waals surface area contributed by atoms with Gasteiger partial charge < -0.3 is 20.3 Å². The third-order valence-corrected chi connectivity index (χ3v) is 4.25. The van der Waals surface area contributed by atoms with E-state index in [1.165, 1.54) is 4.88 Å². The Morgan fingerprint density at radius 2 is 2.50 bits per heavy atom. The fourth-order valence-electron chi connectivity index (χ4n) is 2.29. The van der Waals surface area contributed by atoms with Gasteiger partial charge in [-0.05, 0) is 24.4 Å². The molecule has 0 aromatic carbocycles. The zero-order chi connectivity index (χ0) is 13.8. The Morgan fingerprint density at radius 3 is 3.25 bits per heavy atom. The average molecular weight is 294 g/mol. The van der Waals surface area contributed by atoms with Crippen molar-refractivity contribution in [2.24, 2.45) is 0 Å². The maximum atomic E-state index is 10.2. The molecule has 1 saturated heterocycles. The zero-order valence-corrected chi connectivity index (χ0v) is 11.9. The van der Waals surface area contributed by atoms with E-state index in [0.717, 1.165) is 13.0 Å². The summed E-state index contributed by atoms with van der Waals surface area (Å²) in [7, 11) is 0. The molecule has 0 saturated carbocycles. The van der Waals surface area contributed by atoms with Gasteiger partial charge in [-0.2, -0.15) is 4.98 Å². The van der Waals surface area contributed by atoms with Crippen molar-refractivity contribution in [2.75, 3.05) is 19.6 Å². The Hall–Kier alpha value is -1.28. The van der Waals surface area contributed by atoms with Crippen LogP contribution in [-0.2, 0) is 13.0 Å². The van der Waals surface area contributed by atoms with Crippen molar-refractivity contribution in [3.05, 3.63) is 34.1 Å². The van der Waals surface area contributed by atoms with Crippen LogP contribution in [0.25, 0.3) is 0 Å². The van der Waals surface area contributed by atoms with Crippen LogP contribution >= 0.6 is 11.3 Å². The lowest BCUT2D eigenvalue weighted by atomic mass is 10.0. The number of hydrogen-bond acceptors (Lipinski definition) is 7. The van der Waals surface area contributed by atoms with Gasteiger partial charge in [0.2, 0.25) is 5.89 Å². The van der Waals surface area contributed by atoms with E-state index in [2.05, 4.69) is 26.8 Å². The summed E-state index contributed by atoms with van der Waals surface area (Å²) in [5.74, 6) is 1.26. The number of nitrogens with one attached hydrogen (secondary N) is 2. The van der Waals surface area contributed by atoms with E-state index in [0.29, 0.717) is 37.8 Å². The molecule has 0 bridgehead atoms. The first-order valence-electron chi connectivity index (χ1n) is 6.71. The van der Waals surface area contributed by atoms with Crippen molar-refractivity contribution >= 4 is 11.3 Å². The SMILES string of the molecule is O[C@]1(CNCc2nc(Cc3cccs3)no2)CCNC1. The predicted molar refractivity (Wildman–Crippen MR) is 75.6 cm³/mol. The highest BCUT2D eigenvalue weighted by atomic mass is 32.1. The molecule has 2 aromatic heterocycles. The fraction of sp³-hybridized carbons (Fsp3) is 0.538. The van der Waals surface area contributed by atoms with Gasteiger partial charge in [0, 0.05) is 24.4 Å². The van der Waals surface area contributed by atoms with Gasteiger partial charge >= 0.3 is 0 Å². The molecule has 1 aliphatic rings. The summed E-state index contributed by atoms with van der Waals surface area (Å²) in [6, 6.07) is 4.07. The van der Waals surface area contributed by atoms with Crippen molar-refractivity contribution in [1.29, 1.82) is 0 Å². The van der Waals surface area contributed by atoms with Crippen LogP contribution in [0.2, 0.25) is 0 Å². The van der Waals surface area contributed by atoms with Crippen LogP contribution in [0.3, 0.4) is 0 Å². The molecule has 3 N–H and O–H groups in total.